The monoisotopic (exact) mass is 391 g/mol. The van der Waals surface area contributed by atoms with Crippen LogP contribution in [0.5, 0.6) is 17.4 Å². The minimum atomic E-state index is 0.294. The van der Waals surface area contributed by atoms with E-state index in [9.17, 15) is 0 Å². The predicted molar refractivity (Wildman–Crippen MR) is 111 cm³/mol. The first-order chi connectivity index (χ1) is 14.0. The molecule has 0 spiro atoms. The molecule has 0 unspecified atom stereocenters. The Labute approximate surface area is 167 Å². The van der Waals surface area contributed by atoms with E-state index in [1.807, 2.05) is 38.1 Å². The van der Waals surface area contributed by atoms with Crippen molar-refractivity contribution in [2.75, 3.05) is 25.2 Å². The molecule has 3 aromatic heterocycles. The molecule has 0 aliphatic rings. The molecule has 148 valence electrons. The maximum atomic E-state index is 6.27. The van der Waals surface area contributed by atoms with E-state index in [1.54, 1.807) is 14.2 Å². The lowest BCUT2D eigenvalue weighted by atomic mass is 10.1. The van der Waals surface area contributed by atoms with E-state index in [0.717, 1.165) is 22.6 Å². The summed E-state index contributed by atoms with van der Waals surface area (Å²) in [5.74, 6) is 2.69. The van der Waals surface area contributed by atoms with Gasteiger partial charge in [-0.1, -0.05) is 6.07 Å². The van der Waals surface area contributed by atoms with Crippen LogP contribution in [0.4, 0.5) is 11.6 Å². The normalized spacial score (nSPS) is 10.9. The maximum absolute atomic E-state index is 6.27. The van der Waals surface area contributed by atoms with Crippen molar-refractivity contribution in [2.24, 2.45) is 0 Å². The van der Waals surface area contributed by atoms with Crippen molar-refractivity contribution in [1.29, 1.82) is 0 Å². The number of aromatic nitrogens is 5. The number of pyridine rings is 1. The Kier molecular flexibility index (Phi) is 4.63. The highest BCUT2D eigenvalue weighted by Gasteiger charge is 2.18. The topological polar surface area (TPSA) is 124 Å². The molecule has 0 aliphatic heterocycles. The van der Waals surface area contributed by atoms with Gasteiger partial charge in [0.2, 0.25) is 5.88 Å². The number of nitrogens with zero attached hydrogens (tertiary/aromatic N) is 4. The van der Waals surface area contributed by atoms with E-state index in [1.165, 1.54) is 6.33 Å². The molecule has 4 N–H and O–H groups in total. The van der Waals surface area contributed by atoms with Crippen molar-refractivity contribution in [3.05, 3.63) is 41.7 Å². The van der Waals surface area contributed by atoms with Crippen LogP contribution in [0.2, 0.25) is 0 Å². The number of nitrogens with two attached hydrogens (primary N) is 1. The number of hydrogen-bond donors (Lipinski definition) is 3. The fourth-order valence-electron chi connectivity index (χ4n) is 3.15. The lowest BCUT2D eigenvalue weighted by Crippen LogP contribution is -2.01. The standard InChI is InChI=1S/C20H21N7O2/c1-10-5-6-15(28-4)11(2)18(10)29-20-17-14(23-9-24-19(17)21)7-12(25-20)13-8-16(22-3)27-26-13/h5-9H,1-4H3,(H2,21,23,24)(H2,22,26,27). The molecule has 0 aliphatic carbocycles. The third-order valence-electron chi connectivity index (χ3n) is 4.70. The number of methoxy groups -OCH3 is 1. The summed E-state index contributed by atoms with van der Waals surface area (Å²) in [4.78, 5) is 13.1. The predicted octanol–water partition coefficient (Wildman–Crippen LogP) is 3.46. The second kappa shape index (κ2) is 7.27. The average Bonchev–Trinajstić information content (AvgIpc) is 3.20. The molecule has 29 heavy (non-hydrogen) atoms. The Morgan fingerprint density at radius 2 is 1.97 bits per heavy atom. The summed E-state index contributed by atoms with van der Waals surface area (Å²) >= 11 is 0. The fourth-order valence-corrected chi connectivity index (χ4v) is 3.15. The van der Waals surface area contributed by atoms with Crippen molar-refractivity contribution in [3.63, 3.8) is 0 Å². The molecule has 1 aromatic carbocycles. The number of aromatic amines is 1. The number of fused-ring (bicyclic) bond motifs is 1. The molecule has 3 heterocycles. The second-order valence-electron chi connectivity index (χ2n) is 6.52. The van der Waals surface area contributed by atoms with Gasteiger partial charge in [-0.15, -0.1) is 0 Å². The van der Waals surface area contributed by atoms with Crippen LogP contribution in [0.25, 0.3) is 22.3 Å². The van der Waals surface area contributed by atoms with Gasteiger partial charge >= 0.3 is 0 Å². The number of benzene rings is 1. The van der Waals surface area contributed by atoms with Gasteiger partial charge in [-0.25, -0.2) is 15.0 Å². The van der Waals surface area contributed by atoms with E-state index in [0.29, 0.717) is 39.9 Å². The van der Waals surface area contributed by atoms with Crippen LogP contribution in [-0.2, 0) is 0 Å². The highest BCUT2D eigenvalue weighted by atomic mass is 16.5. The van der Waals surface area contributed by atoms with Crippen molar-refractivity contribution >= 4 is 22.5 Å². The number of H-pyrrole nitrogens is 1. The number of nitrogen functional groups attached to an aromatic ring is 1. The molecule has 0 atom stereocenters. The van der Waals surface area contributed by atoms with E-state index >= 15 is 0 Å². The summed E-state index contributed by atoms with van der Waals surface area (Å²) in [6, 6.07) is 7.50. The Bertz CT molecular complexity index is 1200. The number of nitrogens with one attached hydrogen (secondary N) is 2. The number of hydrogen-bond acceptors (Lipinski definition) is 8. The third kappa shape index (κ3) is 3.27. The molecule has 9 heteroatoms. The minimum absolute atomic E-state index is 0.294. The number of anilines is 2. The molecule has 9 nitrogen and oxygen atoms in total. The lowest BCUT2D eigenvalue weighted by molar-refractivity contribution is 0.402. The maximum Gasteiger partial charge on any atom is 0.233 e. The zero-order chi connectivity index (χ0) is 20.5. The van der Waals surface area contributed by atoms with E-state index in [-0.39, 0.29) is 0 Å². The smallest absolute Gasteiger partial charge is 0.233 e. The fraction of sp³-hybridized carbons (Fsp3) is 0.200. The first-order valence-electron chi connectivity index (χ1n) is 8.98. The van der Waals surface area contributed by atoms with Gasteiger partial charge in [0.15, 0.2) is 0 Å². The molecule has 4 rings (SSSR count). The van der Waals surface area contributed by atoms with Gasteiger partial charge in [0, 0.05) is 18.7 Å². The van der Waals surface area contributed by atoms with Crippen LogP contribution in [0.15, 0.2) is 30.6 Å². The van der Waals surface area contributed by atoms with Crippen LogP contribution in [-0.4, -0.2) is 39.3 Å². The zero-order valence-corrected chi connectivity index (χ0v) is 16.6. The van der Waals surface area contributed by atoms with Gasteiger partial charge < -0.3 is 20.5 Å². The molecular weight excluding hydrogens is 370 g/mol. The quantitative estimate of drug-likeness (QED) is 0.472. The van der Waals surface area contributed by atoms with Gasteiger partial charge in [-0.3, -0.25) is 5.10 Å². The molecule has 0 saturated carbocycles. The molecular formula is C20H21N7O2. The summed E-state index contributed by atoms with van der Waals surface area (Å²) in [6.07, 6.45) is 1.42. The number of ether oxygens (including phenoxy) is 2. The van der Waals surface area contributed by atoms with Crippen molar-refractivity contribution < 1.29 is 9.47 Å². The zero-order valence-electron chi connectivity index (χ0n) is 16.6. The number of aryl methyl sites for hydroxylation is 1. The summed E-state index contributed by atoms with van der Waals surface area (Å²) < 4.78 is 11.7. The highest BCUT2D eigenvalue weighted by molar-refractivity contribution is 5.94. The van der Waals surface area contributed by atoms with Gasteiger partial charge in [-0.05, 0) is 31.5 Å². The SMILES string of the molecule is CNc1cc(-c2cc3ncnc(N)c3c(Oc3c(C)ccc(OC)c3C)n2)[nH]n1. The Balaban J connectivity index is 1.91. The number of rotatable bonds is 5. The summed E-state index contributed by atoms with van der Waals surface area (Å²) in [5, 5.41) is 10.7. The van der Waals surface area contributed by atoms with Crippen LogP contribution in [0.3, 0.4) is 0 Å². The Hall–Kier alpha value is -3.88. The molecule has 0 bridgehead atoms. The van der Waals surface area contributed by atoms with Crippen molar-refractivity contribution in [3.8, 4) is 28.8 Å². The summed E-state index contributed by atoms with van der Waals surface area (Å²) in [7, 11) is 3.42. The first kappa shape index (κ1) is 18.5. The van der Waals surface area contributed by atoms with E-state index in [2.05, 4.69) is 25.5 Å². The van der Waals surface area contributed by atoms with Gasteiger partial charge in [0.25, 0.3) is 0 Å². The van der Waals surface area contributed by atoms with Crippen molar-refractivity contribution in [2.45, 2.75) is 13.8 Å². The van der Waals surface area contributed by atoms with Crippen molar-refractivity contribution in [1.82, 2.24) is 25.1 Å². The Morgan fingerprint density at radius 1 is 1.14 bits per heavy atom. The summed E-state index contributed by atoms with van der Waals surface area (Å²) in [5.41, 5.74) is 9.90. The lowest BCUT2D eigenvalue weighted by Gasteiger charge is -2.16. The van der Waals surface area contributed by atoms with E-state index < -0.39 is 0 Å². The average molecular weight is 391 g/mol. The van der Waals surface area contributed by atoms with Gasteiger partial charge in [0.1, 0.15) is 34.8 Å². The molecule has 0 amide bonds. The van der Waals surface area contributed by atoms with Crippen LogP contribution >= 0.6 is 0 Å². The first-order valence-corrected chi connectivity index (χ1v) is 8.98. The molecule has 0 radical (unpaired) electrons. The molecule has 4 aromatic rings. The van der Waals surface area contributed by atoms with Crippen LogP contribution in [0.1, 0.15) is 11.1 Å². The van der Waals surface area contributed by atoms with Crippen LogP contribution in [0, 0.1) is 13.8 Å². The highest BCUT2D eigenvalue weighted by Crippen LogP contribution is 2.38. The van der Waals surface area contributed by atoms with Gasteiger partial charge in [-0.2, -0.15) is 5.10 Å². The Morgan fingerprint density at radius 3 is 2.69 bits per heavy atom. The third-order valence-corrected chi connectivity index (χ3v) is 4.70. The molecule has 0 fully saturated rings. The van der Waals surface area contributed by atoms with E-state index in [4.69, 9.17) is 20.2 Å². The summed E-state index contributed by atoms with van der Waals surface area (Å²) in [6.45, 7) is 3.89. The largest absolute Gasteiger partial charge is 0.496 e. The molecule has 0 saturated heterocycles. The minimum Gasteiger partial charge on any atom is -0.496 e. The second-order valence-corrected chi connectivity index (χ2v) is 6.52. The van der Waals surface area contributed by atoms with Crippen LogP contribution < -0.4 is 20.5 Å². The van der Waals surface area contributed by atoms with Gasteiger partial charge in [0.05, 0.1) is 24.0 Å².